The Morgan fingerprint density at radius 3 is 2.52 bits per heavy atom. The van der Waals surface area contributed by atoms with Crippen LogP contribution in [0, 0.1) is 0 Å². The number of aromatic nitrogens is 2. The van der Waals surface area contributed by atoms with Gasteiger partial charge in [-0.15, -0.1) is 0 Å². The predicted molar refractivity (Wildman–Crippen MR) is 136 cm³/mol. The summed E-state index contributed by atoms with van der Waals surface area (Å²) >= 11 is 20.6. The zero-order valence-electron chi connectivity index (χ0n) is 17.3. The van der Waals surface area contributed by atoms with Crippen molar-refractivity contribution in [2.24, 2.45) is 0 Å². The second-order valence-electron chi connectivity index (χ2n) is 7.52. The lowest BCUT2D eigenvalue weighted by atomic mass is 10.2. The van der Waals surface area contributed by atoms with Crippen LogP contribution in [0.1, 0.15) is 10.4 Å². The Kier molecular flexibility index (Phi) is 6.53. The van der Waals surface area contributed by atoms with Crippen molar-refractivity contribution >= 4 is 75.5 Å². The summed E-state index contributed by atoms with van der Waals surface area (Å²) in [6.45, 7) is 3.72. The number of para-hydroxylation sites is 1. The Morgan fingerprint density at radius 2 is 1.79 bits per heavy atom. The van der Waals surface area contributed by atoms with Crippen molar-refractivity contribution < 1.29 is 4.79 Å². The number of thioether (sulfide) groups is 1. The summed E-state index contributed by atoms with van der Waals surface area (Å²) in [5.74, 6) is 0.495. The highest BCUT2D eigenvalue weighted by molar-refractivity contribution is 7.99. The van der Waals surface area contributed by atoms with Crippen LogP contribution in [0.5, 0.6) is 0 Å². The van der Waals surface area contributed by atoms with Crippen LogP contribution in [0.3, 0.4) is 0 Å². The molecular weight excluding hydrogens is 503 g/mol. The van der Waals surface area contributed by atoms with Crippen LogP contribution in [-0.4, -0.2) is 47.9 Å². The van der Waals surface area contributed by atoms with E-state index in [2.05, 4.69) is 25.5 Å². The molecule has 3 aromatic rings. The van der Waals surface area contributed by atoms with Gasteiger partial charge in [-0.05, 0) is 30.3 Å². The van der Waals surface area contributed by atoms with Gasteiger partial charge in [-0.1, -0.05) is 52.6 Å². The molecule has 1 fully saturated rings. The molecule has 3 heterocycles. The minimum atomic E-state index is -0.242. The van der Waals surface area contributed by atoms with Gasteiger partial charge < -0.3 is 15.5 Å². The Labute approximate surface area is 210 Å². The van der Waals surface area contributed by atoms with Crippen molar-refractivity contribution in [3.63, 3.8) is 0 Å². The molecular formula is C22H19Cl3N6OS. The lowest BCUT2D eigenvalue weighted by molar-refractivity contribution is 0.0985. The summed E-state index contributed by atoms with van der Waals surface area (Å²) in [6, 6.07) is 11.0. The molecule has 2 aliphatic rings. The molecule has 170 valence electrons. The topological polar surface area (TPSA) is 73.4 Å². The molecule has 1 saturated heterocycles. The SMILES string of the molecule is O=C1c2cnc(Nc3ccc(N4CCNCC4)c(Cl)c3)nc2SCN1c1c(Cl)cccc1Cl. The first-order chi connectivity index (χ1) is 16.0. The molecule has 2 aromatic carbocycles. The fourth-order valence-electron chi connectivity index (χ4n) is 3.80. The van der Waals surface area contributed by atoms with E-state index in [1.807, 2.05) is 18.2 Å². The number of carbonyl (C=O) groups excluding carboxylic acids is 1. The van der Waals surface area contributed by atoms with Crippen LogP contribution in [0.15, 0.2) is 47.6 Å². The molecule has 1 amide bonds. The predicted octanol–water partition coefficient (Wildman–Crippen LogP) is 5.30. The van der Waals surface area contributed by atoms with Gasteiger partial charge >= 0.3 is 0 Å². The van der Waals surface area contributed by atoms with Crippen LogP contribution in [0.4, 0.5) is 23.0 Å². The van der Waals surface area contributed by atoms with Crippen molar-refractivity contribution in [3.8, 4) is 0 Å². The molecule has 2 N–H and O–H groups in total. The maximum absolute atomic E-state index is 13.1. The van der Waals surface area contributed by atoms with Gasteiger partial charge in [0.25, 0.3) is 5.91 Å². The second kappa shape index (κ2) is 9.56. The Hall–Kier alpha value is -2.23. The second-order valence-corrected chi connectivity index (χ2v) is 9.67. The number of benzene rings is 2. The molecule has 11 heteroatoms. The molecule has 0 unspecified atom stereocenters. The normalized spacial score (nSPS) is 16.0. The molecule has 0 saturated carbocycles. The van der Waals surface area contributed by atoms with Gasteiger partial charge in [0.15, 0.2) is 0 Å². The molecule has 0 aliphatic carbocycles. The number of hydrogen-bond acceptors (Lipinski definition) is 7. The van der Waals surface area contributed by atoms with Crippen LogP contribution >= 0.6 is 46.6 Å². The first kappa shape index (κ1) is 22.6. The highest BCUT2D eigenvalue weighted by Crippen LogP contribution is 2.39. The van der Waals surface area contributed by atoms with Crippen LogP contribution in [0.2, 0.25) is 15.1 Å². The van der Waals surface area contributed by atoms with E-state index in [9.17, 15) is 4.79 Å². The number of hydrogen-bond donors (Lipinski definition) is 2. The molecule has 0 spiro atoms. The Balaban J connectivity index is 1.35. The Morgan fingerprint density at radius 1 is 1.03 bits per heavy atom. The lowest BCUT2D eigenvalue weighted by Gasteiger charge is -2.30. The molecule has 33 heavy (non-hydrogen) atoms. The van der Waals surface area contributed by atoms with Gasteiger partial charge in [0.1, 0.15) is 5.03 Å². The molecule has 5 rings (SSSR count). The third kappa shape index (κ3) is 4.58. The highest BCUT2D eigenvalue weighted by Gasteiger charge is 2.30. The monoisotopic (exact) mass is 520 g/mol. The fraction of sp³-hybridized carbons (Fsp3) is 0.227. The molecule has 0 radical (unpaired) electrons. The molecule has 0 bridgehead atoms. The fourth-order valence-corrected chi connectivity index (χ4v) is 5.65. The van der Waals surface area contributed by atoms with E-state index in [1.165, 1.54) is 18.0 Å². The standard InChI is InChI=1S/C22H19Cl3N6OS/c23-15-2-1-3-16(24)19(15)31-12-33-20-14(21(31)32)11-27-22(29-20)28-13-4-5-18(17(25)10-13)30-8-6-26-7-9-30/h1-5,10-11,26H,6-9,12H2,(H,27,28,29). The van der Waals surface area contributed by atoms with Gasteiger partial charge in [0, 0.05) is 38.1 Å². The summed E-state index contributed by atoms with van der Waals surface area (Å²) < 4.78 is 0. The summed E-state index contributed by atoms with van der Waals surface area (Å²) in [4.78, 5) is 25.8. The van der Waals surface area contributed by atoms with Gasteiger partial charge in [0.2, 0.25) is 5.95 Å². The zero-order valence-corrected chi connectivity index (χ0v) is 20.4. The number of carbonyl (C=O) groups is 1. The summed E-state index contributed by atoms with van der Waals surface area (Å²) in [5.41, 5.74) is 2.68. The third-order valence-electron chi connectivity index (χ3n) is 5.43. The van der Waals surface area contributed by atoms with Crippen molar-refractivity contribution in [2.75, 3.05) is 47.2 Å². The quantitative estimate of drug-likeness (QED) is 0.451. The average molecular weight is 522 g/mol. The van der Waals surface area contributed by atoms with Gasteiger partial charge in [-0.3, -0.25) is 9.69 Å². The number of amides is 1. The average Bonchev–Trinajstić information content (AvgIpc) is 2.81. The van der Waals surface area contributed by atoms with E-state index in [0.717, 1.165) is 37.6 Å². The highest BCUT2D eigenvalue weighted by atomic mass is 35.5. The van der Waals surface area contributed by atoms with E-state index in [1.54, 1.807) is 23.1 Å². The van der Waals surface area contributed by atoms with E-state index in [-0.39, 0.29) is 5.91 Å². The third-order valence-corrected chi connectivity index (χ3v) is 7.31. The molecule has 7 nitrogen and oxygen atoms in total. The van der Waals surface area contributed by atoms with E-state index in [4.69, 9.17) is 34.8 Å². The van der Waals surface area contributed by atoms with Crippen molar-refractivity contribution in [1.29, 1.82) is 0 Å². The molecule has 0 atom stereocenters. The van der Waals surface area contributed by atoms with E-state index in [0.29, 0.717) is 43.2 Å². The summed E-state index contributed by atoms with van der Waals surface area (Å²) in [6.07, 6.45) is 1.52. The van der Waals surface area contributed by atoms with Crippen molar-refractivity contribution in [1.82, 2.24) is 15.3 Å². The minimum Gasteiger partial charge on any atom is -0.368 e. The van der Waals surface area contributed by atoms with Crippen LogP contribution in [0.25, 0.3) is 0 Å². The Bertz CT molecular complexity index is 1200. The number of anilines is 4. The maximum Gasteiger partial charge on any atom is 0.263 e. The number of halogens is 3. The number of nitrogens with one attached hydrogen (secondary N) is 2. The van der Waals surface area contributed by atoms with E-state index >= 15 is 0 Å². The molecule has 1 aromatic heterocycles. The van der Waals surface area contributed by atoms with Crippen molar-refractivity contribution in [2.45, 2.75) is 5.03 Å². The first-order valence-corrected chi connectivity index (χ1v) is 12.4. The zero-order chi connectivity index (χ0) is 22.9. The van der Waals surface area contributed by atoms with Gasteiger partial charge in [0.05, 0.1) is 37.9 Å². The van der Waals surface area contributed by atoms with Crippen LogP contribution in [-0.2, 0) is 0 Å². The largest absolute Gasteiger partial charge is 0.368 e. The number of nitrogens with zero attached hydrogens (tertiary/aromatic N) is 4. The number of rotatable bonds is 4. The number of piperazine rings is 1. The van der Waals surface area contributed by atoms with Gasteiger partial charge in [-0.2, -0.15) is 0 Å². The smallest absolute Gasteiger partial charge is 0.263 e. The van der Waals surface area contributed by atoms with Crippen molar-refractivity contribution in [3.05, 3.63) is 63.2 Å². The maximum atomic E-state index is 13.1. The first-order valence-electron chi connectivity index (χ1n) is 10.3. The van der Waals surface area contributed by atoms with E-state index < -0.39 is 0 Å². The minimum absolute atomic E-state index is 0.242. The molecule has 2 aliphatic heterocycles. The van der Waals surface area contributed by atoms with Crippen LogP contribution < -0.4 is 20.4 Å². The number of fused-ring (bicyclic) bond motifs is 1. The lowest BCUT2D eigenvalue weighted by Crippen LogP contribution is -2.43. The summed E-state index contributed by atoms with van der Waals surface area (Å²) in [5, 5.41) is 8.62. The van der Waals surface area contributed by atoms with Gasteiger partial charge in [-0.25, -0.2) is 9.97 Å². The summed E-state index contributed by atoms with van der Waals surface area (Å²) in [7, 11) is 0.